The van der Waals surface area contributed by atoms with E-state index >= 15 is 0 Å². The SMILES string of the molecule is CC(=O)OC1CCC2C(C)(CCC3C2(C)CCC2(C)C4CC(C)(C)C(OC(C)=O)CC4(C)CCC32C)C1C. The van der Waals surface area contributed by atoms with Gasteiger partial charge in [0, 0.05) is 19.3 Å². The Morgan fingerprint density at radius 1 is 0.632 bits per heavy atom. The first kappa shape index (κ1) is 28.5. The zero-order valence-electron chi connectivity index (χ0n) is 26.2. The van der Waals surface area contributed by atoms with E-state index in [1.54, 1.807) is 13.8 Å². The van der Waals surface area contributed by atoms with Crippen molar-refractivity contribution >= 4 is 11.9 Å². The molecule has 0 aromatic carbocycles. The van der Waals surface area contributed by atoms with Gasteiger partial charge in [0.2, 0.25) is 0 Å². The molecule has 0 heterocycles. The fourth-order valence-electron chi connectivity index (χ4n) is 12.1. The summed E-state index contributed by atoms with van der Waals surface area (Å²) < 4.78 is 11.8. The highest BCUT2D eigenvalue weighted by molar-refractivity contribution is 5.66. The largest absolute Gasteiger partial charge is 0.462 e. The first-order valence-corrected chi connectivity index (χ1v) is 15.8. The fraction of sp³-hybridized carbons (Fsp3) is 0.941. The molecule has 11 unspecified atom stereocenters. The van der Waals surface area contributed by atoms with E-state index in [1.807, 2.05) is 0 Å². The van der Waals surface area contributed by atoms with Crippen LogP contribution in [-0.2, 0) is 19.1 Å². The van der Waals surface area contributed by atoms with E-state index in [2.05, 4.69) is 55.4 Å². The third-order valence-electron chi connectivity index (χ3n) is 14.7. The van der Waals surface area contributed by atoms with Gasteiger partial charge in [-0.3, -0.25) is 9.59 Å². The summed E-state index contributed by atoms with van der Waals surface area (Å²) in [5.74, 6) is 2.25. The third kappa shape index (κ3) is 3.80. The van der Waals surface area contributed by atoms with E-state index in [0.717, 1.165) is 25.2 Å². The zero-order valence-corrected chi connectivity index (χ0v) is 26.2. The second kappa shape index (κ2) is 8.72. The predicted octanol–water partition coefficient (Wildman–Crippen LogP) is 8.36. The lowest BCUT2D eigenvalue weighted by Gasteiger charge is -2.75. The van der Waals surface area contributed by atoms with Crippen LogP contribution >= 0.6 is 0 Å². The molecule has 5 rings (SSSR count). The quantitative estimate of drug-likeness (QED) is 0.338. The molecule has 11 atom stereocenters. The van der Waals surface area contributed by atoms with Crippen LogP contribution in [0.4, 0.5) is 0 Å². The summed E-state index contributed by atoms with van der Waals surface area (Å²) in [6.45, 7) is 23.3. The normalized spacial score (nSPS) is 53.4. The van der Waals surface area contributed by atoms with Gasteiger partial charge >= 0.3 is 11.9 Å². The second-order valence-electron chi connectivity index (χ2n) is 16.7. The molecular formula is C34H56O4. The standard InChI is InChI=1S/C34H56O4/c1-21-24(37-22(2)35)11-12-25-31(21,7)14-13-26-32(25,8)16-18-34(10)27-19-29(4,5)28(38-23(3)36)20-30(27,6)15-17-33(26,34)9/h21,24-28H,11-20H2,1-10H3. The molecule has 0 saturated heterocycles. The van der Waals surface area contributed by atoms with Gasteiger partial charge in [0.25, 0.3) is 0 Å². The minimum atomic E-state index is -0.131. The Bertz CT molecular complexity index is 987. The Hall–Kier alpha value is -1.06. The molecule has 0 radical (unpaired) electrons. The maximum Gasteiger partial charge on any atom is 0.302 e. The molecule has 216 valence electrons. The smallest absolute Gasteiger partial charge is 0.302 e. The average molecular weight is 529 g/mol. The number of ether oxygens (including phenoxy) is 2. The average Bonchev–Trinajstić information content (AvgIpc) is 2.79. The highest BCUT2D eigenvalue weighted by Gasteiger charge is 2.71. The van der Waals surface area contributed by atoms with Crippen LogP contribution in [0.1, 0.15) is 133 Å². The van der Waals surface area contributed by atoms with Crippen molar-refractivity contribution in [3.63, 3.8) is 0 Å². The van der Waals surface area contributed by atoms with Crippen molar-refractivity contribution in [2.24, 2.45) is 56.2 Å². The van der Waals surface area contributed by atoms with Crippen LogP contribution in [0.25, 0.3) is 0 Å². The summed E-state index contributed by atoms with van der Waals surface area (Å²) >= 11 is 0. The number of fused-ring (bicyclic) bond motifs is 7. The predicted molar refractivity (Wildman–Crippen MR) is 151 cm³/mol. The maximum absolute atomic E-state index is 12.0. The molecule has 0 bridgehead atoms. The van der Waals surface area contributed by atoms with E-state index in [4.69, 9.17) is 9.47 Å². The lowest BCUT2D eigenvalue weighted by molar-refractivity contribution is -0.271. The van der Waals surface area contributed by atoms with Crippen molar-refractivity contribution in [3.8, 4) is 0 Å². The minimum absolute atomic E-state index is 0.00746. The van der Waals surface area contributed by atoms with E-state index in [0.29, 0.717) is 34.0 Å². The number of hydrogen-bond donors (Lipinski definition) is 0. The van der Waals surface area contributed by atoms with Gasteiger partial charge in [0.1, 0.15) is 12.2 Å². The molecule has 5 saturated carbocycles. The van der Waals surface area contributed by atoms with Gasteiger partial charge in [-0.2, -0.15) is 0 Å². The molecule has 0 aromatic heterocycles. The summed E-state index contributed by atoms with van der Waals surface area (Å²) in [7, 11) is 0. The molecule has 4 heteroatoms. The van der Waals surface area contributed by atoms with E-state index in [9.17, 15) is 9.59 Å². The van der Waals surface area contributed by atoms with Crippen LogP contribution < -0.4 is 0 Å². The molecular weight excluding hydrogens is 472 g/mol. The van der Waals surface area contributed by atoms with Crippen LogP contribution in [0.2, 0.25) is 0 Å². The molecule has 0 N–H and O–H groups in total. The topological polar surface area (TPSA) is 52.6 Å². The second-order valence-corrected chi connectivity index (χ2v) is 16.7. The van der Waals surface area contributed by atoms with Crippen molar-refractivity contribution in [1.82, 2.24) is 0 Å². The Labute approximate surface area is 232 Å². The lowest BCUT2D eigenvalue weighted by Crippen LogP contribution is -2.68. The van der Waals surface area contributed by atoms with Crippen molar-refractivity contribution < 1.29 is 19.1 Å². The first-order valence-electron chi connectivity index (χ1n) is 15.8. The summed E-state index contributed by atoms with van der Waals surface area (Å²) in [6, 6.07) is 0. The van der Waals surface area contributed by atoms with Crippen molar-refractivity contribution in [1.29, 1.82) is 0 Å². The number of hydrogen-bond acceptors (Lipinski definition) is 4. The number of esters is 2. The molecule has 38 heavy (non-hydrogen) atoms. The monoisotopic (exact) mass is 528 g/mol. The molecule has 5 fully saturated rings. The lowest BCUT2D eigenvalue weighted by atomic mass is 9.30. The molecule has 0 aliphatic heterocycles. The van der Waals surface area contributed by atoms with E-state index < -0.39 is 0 Å². The zero-order chi connectivity index (χ0) is 28.1. The molecule has 5 aliphatic carbocycles. The van der Waals surface area contributed by atoms with E-state index in [-0.39, 0.29) is 40.4 Å². The molecule has 0 spiro atoms. The summed E-state index contributed by atoms with van der Waals surface area (Å²) in [5.41, 5.74) is 1.45. The Morgan fingerprint density at radius 3 is 1.87 bits per heavy atom. The molecule has 5 aliphatic rings. The van der Waals surface area contributed by atoms with Gasteiger partial charge in [-0.25, -0.2) is 0 Å². The van der Waals surface area contributed by atoms with Gasteiger partial charge in [0.05, 0.1) is 0 Å². The van der Waals surface area contributed by atoms with Crippen LogP contribution in [0, 0.1) is 56.2 Å². The molecule has 4 nitrogen and oxygen atoms in total. The fourth-order valence-corrected chi connectivity index (χ4v) is 12.1. The first-order chi connectivity index (χ1) is 17.4. The highest BCUT2D eigenvalue weighted by atomic mass is 16.5. The Balaban J connectivity index is 1.47. The Kier molecular flexibility index (Phi) is 6.53. The van der Waals surface area contributed by atoms with Crippen molar-refractivity contribution in [2.75, 3.05) is 0 Å². The number of carbonyl (C=O) groups excluding carboxylic acids is 2. The molecule has 0 amide bonds. The summed E-state index contributed by atoms with van der Waals surface area (Å²) in [6.07, 6.45) is 12.2. The summed E-state index contributed by atoms with van der Waals surface area (Å²) in [5, 5.41) is 0. The van der Waals surface area contributed by atoms with Gasteiger partial charge in [-0.15, -0.1) is 0 Å². The van der Waals surface area contributed by atoms with Gasteiger partial charge in [-0.05, 0) is 115 Å². The maximum atomic E-state index is 12.0. The number of carbonyl (C=O) groups is 2. The Morgan fingerprint density at radius 2 is 1.24 bits per heavy atom. The van der Waals surface area contributed by atoms with Gasteiger partial charge in [0.15, 0.2) is 0 Å². The summed E-state index contributed by atoms with van der Waals surface area (Å²) in [4.78, 5) is 23.9. The molecule has 0 aromatic rings. The van der Waals surface area contributed by atoms with Crippen LogP contribution in [-0.4, -0.2) is 24.1 Å². The van der Waals surface area contributed by atoms with Crippen LogP contribution in [0.5, 0.6) is 0 Å². The van der Waals surface area contributed by atoms with Gasteiger partial charge in [-0.1, -0.05) is 55.4 Å². The van der Waals surface area contributed by atoms with Crippen LogP contribution in [0.15, 0.2) is 0 Å². The number of rotatable bonds is 2. The third-order valence-corrected chi connectivity index (χ3v) is 14.7. The van der Waals surface area contributed by atoms with Crippen molar-refractivity contribution in [3.05, 3.63) is 0 Å². The highest BCUT2D eigenvalue weighted by Crippen LogP contribution is 2.78. The van der Waals surface area contributed by atoms with Crippen molar-refractivity contribution in [2.45, 2.75) is 146 Å². The van der Waals surface area contributed by atoms with Gasteiger partial charge < -0.3 is 9.47 Å². The van der Waals surface area contributed by atoms with E-state index in [1.165, 1.54) is 44.9 Å². The van der Waals surface area contributed by atoms with Crippen LogP contribution in [0.3, 0.4) is 0 Å². The minimum Gasteiger partial charge on any atom is -0.462 e.